The first kappa shape index (κ1) is 13.5. The van der Waals surface area contributed by atoms with Gasteiger partial charge in [-0.05, 0) is 32.6 Å². The monoisotopic (exact) mass is 228 g/mol. The molecule has 1 saturated carbocycles. The van der Waals surface area contributed by atoms with Gasteiger partial charge in [-0.3, -0.25) is 4.79 Å². The summed E-state index contributed by atoms with van der Waals surface area (Å²) in [6.07, 6.45) is 4.63. The topological polar surface area (TPSA) is 50.4 Å². The second-order valence-corrected chi connectivity index (χ2v) is 4.57. The van der Waals surface area contributed by atoms with E-state index in [0.717, 1.165) is 19.3 Å². The molecule has 0 aliphatic heterocycles. The maximum absolute atomic E-state index is 11.5. The fourth-order valence-electron chi connectivity index (χ4n) is 2.09. The van der Waals surface area contributed by atoms with Crippen molar-refractivity contribution in [3.8, 4) is 0 Å². The molecule has 1 aliphatic rings. The predicted molar refractivity (Wildman–Crippen MR) is 64.3 cm³/mol. The van der Waals surface area contributed by atoms with E-state index in [1.54, 1.807) is 7.11 Å². The van der Waals surface area contributed by atoms with Gasteiger partial charge in [-0.2, -0.15) is 0 Å². The van der Waals surface area contributed by atoms with E-state index < -0.39 is 0 Å². The molecule has 1 amide bonds. The molecule has 0 saturated heterocycles. The Kier molecular flexibility index (Phi) is 5.77. The van der Waals surface area contributed by atoms with Gasteiger partial charge in [0.05, 0.1) is 12.6 Å². The number of amides is 1. The normalized spacial score (nSPS) is 26.7. The standard InChI is InChI=1S/C12H24N2O2/c1-4-9(2)14-12(15)8-13-10-6-5-7-11(10)16-3/h9-11,13H,4-8H2,1-3H3,(H,14,15). The first-order valence-electron chi connectivity index (χ1n) is 6.23. The molecule has 0 radical (unpaired) electrons. The average Bonchev–Trinajstić information content (AvgIpc) is 2.73. The zero-order valence-electron chi connectivity index (χ0n) is 10.6. The van der Waals surface area contributed by atoms with Crippen LogP contribution in [-0.4, -0.2) is 37.7 Å². The summed E-state index contributed by atoms with van der Waals surface area (Å²) in [4.78, 5) is 11.5. The summed E-state index contributed by atoms with van der Waals surface area (Å²) in [5, 5.41) is 6.22. The third-order valence-corrected chi connectivity index (χ3v) is 3.30. The molecule has 0 heterocycles. The smallest absolute Gasteiger partial charge is 0.234 e. The summed E-state index contributed by atoms with van der Waals surface area (Å²) in [7, 11) is 1.74. The van der Waals surface area contributed by atoms with Crippen molar-refractivity contribution in [2.75, 3.05) is 13.7 Å². The number of methoxy groups -OCH3 is 1. The van der Waals surface area contributed by atoms with Gasteiger partial charge in [0, 0.05) is 19.2 Å². The van der Waals surface area contributed by atoms with E-state index in [1.807, 2.05) is 6.92 Å². The van der Waals surface area contributed by atoms with Crippen LogP contribution in [0.3, 0.4) is 0 Å². The van der Waals surface area contributed by atoms with Gasteiger partial charge in [0.15, 0.2) is 0 Å². The Morgan fingerprint density at radius 3 is 2.88 bits per heavy atom. The van der Waals surface area contributed by atoms with Gasteiger partial charge < -0.3 is 15.4 Å². The van der Waals surface area contributed by atoms with Crippen LogP contribution in [0.5, 0.6) is 0 Å². The molecule has 1 aliphatic carbocycles. The molecule has 0 aromatic heterocycles. The molecule has 4 heteroatoms. The Morgan fingerprint density at radius 2 is 2.25 bits per heavy atom. The lowest BCUT2D eigenvalue weighted by atomic mass is 10.2. The summed E-state index contributed by atoms with van der Waals surface area (Å²) in [5.74, 6) is 0.0797. The van der Waals surface area contributed by atoms with E-state index in [-0.39, 0.29) is 18.1 Å². The van der Waals surface area contributed by atoms with Crippen molar-refractivity contribution in [2.45, 2.75) is 57.7 Å². The molecule has 16 heavy (non-hydrogen) atoms. The van der Waals surface area contributed by atoms with Gasteiger partial charge in [0.2, 0.25) is 5.91 Å². The second-order valence-electron chi connectivity index (χ2n) is 4.57. The van der Waals surface area contributed by atoms with Crippen LogP contribution in [0.4, 0.5) is 0 Å². The molecule has 1 fully saturated rings. The van der Waals surface area contributed by atoms with E-state index in [4.69, 9.17) is 4.74 Å². The number of nitrogens with one attached hydrogen (secondary N) is 2. The Balaban J connectivity index is 2.20. The highest BCUT2D eigenvalue weighted by molar-refractivity contribution is 5.78. The summed E-state index contributed by atoms with van der Waals surface area (Å²) in [6, 6.07) is 0.601. The van der Waals surface area contributed by atoms with Crippen molar-refractivity contribution in [1.29, 1.82) is 0 Å². The van der Waals surface area contributed by atoms with Gasteiger partial charge >= 0.3 is 0 Å². The van der Waals surface area contributed by atoms with E-state index in [2.05, 4.69) is 17.6 Å². The first-order valence-corrected chi connectivity index (χ1v) is 6.23. The van der Waals surface area contributed by atoms with Crippen LogP contribution in [0.25, 0.3) is 0 Å². The minimum absolute atomic E-state index is 0.0797. The molecular weight excluding hydrogens is 204 g/mol. The Hall–Kier alpha value is -0.610. The van der Waals surface area contributed by atoms with Crippen LogP contribution in [0, 0.1) is 0 Å². The highest BCUT2D eigenvalue weighted by atomic mass is 16.5. The van der Waals surface area contributed by atoms with E-state index in [9.17, 15) is 4.79 Å². The molecule has 3 unspecified atom stereocenters. The lowest BCUT2D eigenvalue weighted by Gasteiger charge is -2.20. The van der Waals surface area contributed by atoms with Gasteiger partial charge in [-0.25, -0.2) is 0 Å². The molecule has 0 bridgehead atoms. The van der Waals surface area contributed by atoms with E-state index >= 15 is 0 Å². The number of carbonyl (C=O) groups excluding carboxylic acids is 1. The number of hydrogen-bond acceptors (Lipinski definition) is 3. The highest BCUT2D eigenvalue weighted by Crippen LogP contribution is 2.21. The van der Waals surface area contributed by atoms with Crippen LogP contribution < -0.4 is 10.6 Å². The van der Waals surface area contributed by atoms with Crippen molar-refractivity contribution in [1.82, 2.24) is 10.6 Å². The Bertz CT molecular complexity index is 221. The summed E-state index contributed by atoms with van der Waals surface area (Å²) in [6.45, 7) is 4.48. The zero-order chi connectivity index (χ0) is 12.0. The van der Waals surface area contributed by atoms with Crippen LogP contribution in [0.1, 0.15) is 39.5 Å². The van der Waals surface area contributed by atoms with Crippen molar-refractivity contribution < 1.29 is 9.53 Å². The fourth-order valence-corrected chi connectivity index (χ4v) is 2.09. The van der Waals surface area contributed by atoms with E-state index in [0.29, 0.717) is 12.6 Å². The molecule has 0 aromatic carbocycles. The number of ether oxygens (including phenoxy) is 1. The third-order valence-electron chi connectivity index (χ3n) is 3.30. The summed E-state index contributed by atoms with van der Waals surface area (Å²) >= 11 is 0. The second kappa shape index (κ2) is 6.86. The molecule has 94 valence electrons. The SMILES string of the molecule is CCC(C)NC(=O)CNC1CCCC1OC. The van der Waals surface area contributed by atoms with Gasteiger partial charge in [0.1, 0.15) is 0 Å². The minimum atomic E-state index is 0.0797. The minimum Gasteiger partial charge on any atom is -0.380 e. The van der Waals surface area contributed by atoms with Gasteiger partial charge in [0.25, 0.3) is 0 Å². The van der Waals surface area contributed by atoms with E-state index in [1.165, 1.54) is 6.42 Å². The molecule has 4 nitrogen and oxygen atoms in total. The van der Waals surface area contributed by atoms with Crippen LogP contribution >= 0.6 is 0 Å². The summed E-state index contributed by atoms with van der Waals surface area (Å²) < 4.78 is 5.36. The molecule has 0 aromatic rings. The predicted octanol–water partition coefficient (Wildman–Crippen LogP) is 1.06. The maximum atomic E-state index is 11.5. The van der Waals surface area contributed by atoms with Crippen LogP contribution in [0.2, 0.25) is 0 Å². The van der Waals surface area contributed by atoms with Crippen molar-refractivity contribution in [2.24, 2.45) is 0 Å². The van der Waals surface area contributed by atoms with Gasteiger partial charge in [-0.1, -0.05) is 6.92 Å². The Labute approximate surface area is 98.1 Å². The fraction of sp³-hybridized carbons (Fsp3) is 0.917. The number of carbonyl (C=O) groups is 1. The van der Waals surface area contributed by atoms with Crippen LogP contribution in [-0.2, 0) is 9.53 Å². The number of hydrogen-bond donors (Lipinski definition) is 2. The van der Waals surface area contributed by atoms with Crippen molar-refractivity contribution in [3.63, 3.8) is 0 Å². The highest BCUT2D eigenvalue weighted by Gasteiger charge is 2.26. The summed E-state index contributed by atoms with van der Waals surface area (Å²) in [5.41, 5.74) is 0. The van der Waals surface area contributed by atoms with Crippen molar-refractivity contribution in [3.05, 3.63) is 0 Å². The maximum Gasteiger partial charge on any atom is 0.234 e. The first-order chi connectivity index (χ1) is 7.67. The van der Waals surface area contributed by atoms with Crippen LogP contribution in [0.15, 0.2) is 0 Å². The molecule has 1 rings (SSSR count). The average molecular weight is 228 g/mol. The number of rotatable bonds is 6. The largest absolute Gasteiger partial charge is 0.380 e. The van der Waals surface area contributed by atoms with Gasteiger partial charge in [-0.15, -0.1) is 0 Å². The molecule has 3 atom stereocenters. The lowest BCUT2D eigenvalue weighted by molar-refractivity contribution is -0.121. The zero-order valence-corrected chi connectivity index (χ0v) is 10.6. The van der Waals surface area contributed by atoms with Crippen molar-refractivity contribution >= 4 is 5.91 Å². The molecular formula is C12H24N2O2. The lowest BCUT2D eigenvalue weighted by Crippen LogP contribution is -2.44. The molecule has 2 N–H and O–H groups in total. The third kappa shape index (κ3) is 4.10. The molecule has 0 spiro atoms. The quantitative estimate of drug-likeness (QED) is 0.714. The Morgan fingerprint density at radius 1 is 1.50 bits per heavy atom.